The van der Waals surface area contributed by atoms with E-state index in [1.165, 1.54) is 0 Å². The highest BCUT2D eigenvalue weighted by Gasteiger charge is 2.27. The number of aromatic nitrogens is 1. The van der Waals surface area contributed by atoms with Gasteiger partial charge in [0.1, 0.15) is 0 Å². The van der Waals surface area contributed by atoms with Gasteiger partial charge in [0.25, 0.3) is 0 Å². The molecule has 3 aromatic rings. The predicted molar refractivity (Wildman–Crippen MR) is 84.6 cm³/mol. The van der Waals surface area contributed by atoms with Crippen LogP contribution in [0.4, 0.5) is 0 Å². The fourth-order valence-corrected chi connectivity index (χ4v) is 3.48. The van der Waals surface area contributed by atoms with Crippen molar-refractivity contribution in [3.63, 3.8) is 0 Å². The molecule has 0 saturated carbocycles. The van der Waals surface area contributed by atoms with Gasteiger partial charge in [0.15, 0.2) is 0 Å². The van der Waals surface area contributed by atoms with Gasteiger partial charge in [0, 0.05) is 21.8 Å². The van der Waals surface area contributed by atoms with E-state index in [0.29, 0.717) is 22.9 Å². The number of benzene rings is 2. The Morgan fingerprint density at radius 1 is 1.14 bits per heavy atom. The van der Waals surface area contributed by atoms with E-state index in [-0.39, 0.29) is 0 Å². The zero-order valence-corrected chi connectivity index (χ0v) is 12.5. The maximum absolute atomic E-state index is 11.8. The summed E-state index contributed by atoms with van der Waals surface area (Å²) in [6.07, 6.45) is 0.628. The highest BCUT2D eigenvalue weighted by molar-refractivity contribution is 9.10. The molecule has 0 spiro atoms. The van der Waals surface area contributed by atoms with Crippen LogP contribution in [0.1, 0.15) is 21.5 Å². The maximum atomic E-state index is 11.8. The molecule has 0 bridgehead atoms. The van der Waals surface area contributed by atoms with E-state index < -0.39 is 5.97 Å². The molecule has 0 unspecified atom stereocenters. The second-order valence-corrected chi connectivity index (χ2v) is 5.94. The minimum absolute atomic E-state index is 0.368. The summed E-state index contributed by atoms with van der Waals surface area (Å²) >= 11 is 3.47. The molecule has 0 atom stereocenters. The van der Waals surface area contributed by atoms with Crippen molar-refractivity contribution >= 4 is 32.8 Å². The van der Waals surface area contributed by atoms with E-state index in [1.54, 1.807) is 0 Å². The Morgan fingerprint density at radius 2 is 1.95 bits per heavy atom. The Balaban J connectivity index is 2.18. The first kappa shape index (κ1) is 12.5. The highest BCUT2D eigenvalue weighted by Crippen LogP contribution is 2.40. The van der Waals surface area contributed by atoms with Gasteiger partial charge in [0.05, 0.1) is 16.8 Å². The van der Waals surface area contributed by atoms with Crippen LogP contribution in [0.25, 0.3) is 22.2 Å². The van der Waals surface area contributed by atoms with Gasteiger partial charge in [-0.1, -0.05) is 36.4 Å². The summed E-state index contributed by atoms with van der Waals surface area (Å²) in [5.74, 6) is -0.899. The second-order valence-electron chi connectivity index (χ2n) is 5.09. The summed E-state index contributed by atoms with van der Waals surface area (Å²) in [6, 6.07) is 13.5. The zero-order chi connectivity index (χ0) is 14.6. The molecule has 3 nitrogen and oxygen atoms in total. The molecule has 0 radical (unpaired) electrons. The fourth-order valence-electron chi connectivity index (χ4n) is 3.03. The van der Waals surface area contributed by atoms with Crippen LogP contribution in [0.3, 0.4) is 0 Å². The normalized spacial score (nSPS) is 12.2. The van der Waals surface area contributed by atoms with Gasteiger partial charge in [-0.2, -0.15) is 0 Å². The number of carbonyl (C=O) groups is 1. The second kappa shape index (κ2) is 4.40. The number of hydrogen-bond donors (Lipinski definition) is 1. The quantitative estimate of drug-likeness (QED) is 0.563. The summed E-state index contributed by atoms with van der Waals surface area (Å²) in [5, 5.41) is 10.4. The average molecular weight is 340 g/mol. The van der Waals surface area contributed by atoms with E-state index in [2.05, 4.69) is 15.9 Å². The van der Waals surface area contributed by atoms with Crippen LogP contribution in [0.2, 0.25) is 0 Å². The van der Waals surface area contributed by atoms with Crippen molar-refractivity contribution in [3.8, 4) is 11.3 Å². The summed E-state index contributed by atoms with van der Waals surface area (Å²) in [7, 11) is 0. The van der Waals surface area contributed by atoms with Gasteiger partial charge in [-0.3, -0.25) is 0 Å². The molecule has 102 valence electrons. The Morgan fingerprint density at radius 3 is 2.76 bits per heavy atom. The summed E-state index contributed by atoms with van der Waals surface area (Å²) in [5.41, 5.74) is 4.84. The average Bonchev–Trinajstić information content (AvgIpc) is 2.83. The van der Waals surface area contributed by atoms with Crippen LogP contribution in [-0.4, -0.2) is 16.1 Å². The zero-order valence-electron chi connectivity index (χ0n) is 10.9. The summed E-state index contributed by atoms with van der Waals surface area (Å²) in [4.78, 5) is 16.5. The lowest BCUT2D eigenvalue weighted by molar-refractivity contribution is 0.0698. The first-order chi connectivity index (χ1) is 10.2. The number of carboxylic acids is 1. The van der Waals surface area contributed by atoms with Crippen LogP contribution < -0.4 is 0 Å². The van der Waals surface area contributed by atoms with Crippen molar-refractivity contribution in [2.75, 3.05) is 0 Å². The fraction of sp³-hybridized carbons (Fsp3) is 0.0588. The van der Waals surface area contributed by atoms with Gasteiger partial charge in [-0.05, 0) is 33.1 Å². The number of para-hydroxylation sites is 1. The Labute approximate surface area is 129 Å². The maximum Gasteiger partial charge on any atom is 0.336 e. The van der Waals surface area contributed by atoms with E-state index >= 15 is 0 Å². The number of hydrogen-bond acceptors (Lipinski definition) is 2. The van der Waals surface area contributed by atoms with Crippen molar-refractivity contribution < 1.29 is 9.90 Å². The molecule has 0 amide bonds. The van der Waals surface area contributed by atoms with Crippen molar-refractivity contribution in [1.82, 2.24) is 4.98 Å². The SMILES string of the molecule is O=C(O)c1c2c(nc3c(Br)cccc13)-c1ccccc1C2. The summed E-state index contributed by atoms with van der Waals surface area (Å²) in [6.45, 7) is 0. The third-order valence-electron chi connectivity index (χ3n) is 3.92. The molecule has 0 aliphatic heterocycles. The number of aromatic carboxylic acids is 1. The van der Waals surface area contributed by atoms with E-state index in [0.717, 1.165) is 26.9 Å². The summed E-state index contributed by atoms with van der Waals surface area (Å²) < 4.78 is 0.815. The van der Waals surface area contributed by atoms with Crippen LogP contribution in [-0.2, 0) is 6.42 Å². The van der Waals surface area contributed by atoms with Gasteiger partial charge in [-0.25, -0.2) is 9.78 Å². The molecular formula is C17H10BrNO2. The molecule has 1 N–H and O–H groups in total. The molecule has 1 aliphatic rings. The molecule has 1 aromatic heterocycles. The topological polar surface area (TPSA) is 50.2 Å². The third kappa shape index (κ3) is 1.72. The first-order valence-corrected chi connectivity index (χ1v) is 7.39. The standard InChI is InChI=1S/C17H10BrNO2/c18-13-7-3-6-11-14(17(20)21)12-8-9-4-1-2-5-10(9)15(12)19-16(11)13/h1-7H,8H2,(H,20,21). The minimum atomic E-state index is -0.899. The van der Waals surface area contributed by atoms with Crippen LogP contribution in [0.5, 0.6) is 0 Å². The lowest BCUT2D eigenvalue weighted by Crippen LogP contribution is -2.05. The largest absolute Gasteiger partial charge is 0.478 e. The molecule has 0 fully saturated rings. The van der Waals surface area contributed by atoms with Crippen molar-refractivity contribution in [2.24, 2.45) is 0 Å². The Bertz CT molecular complexity index is 918. The number of fused-ring (bicyclic) bond motifs is 4. The Kier molecular flexibility index (Phi) is 2.62. The smallest absolute Gasteiger partial charge is 0.336 e. The molecule has 1 aliphatic carbocycles. The van der Waals surface area contributed by atoms with Gasteiger partial charge in [-0.15, -0.1) is 0 Å². The number of carboxylic acid groups (broad SMARTS) is 1. The monoisotopic (exact) mass is 339 g/mol. The Hall–Kier alpha value is -2.20. The lowest BCUT2D eigenvalue weighted by Gasteiger charge is -2.10. The van der Waals surface area contributed by atoms with Gasteiger partial charge >= 0.3 is 5.97 Å². The third-order valence-corrected chi connectivity index (χ3v) is 4.56. The highest BCUT2D eigenvalue weighted by atomic mass is 79.9. The minimum Gasteiger partial charge on any atom is -0.478 e. The molecule has 4 rings (SSSR count). The lowest BCUT2D eigenvalue weighted by atomic mass is 10.0. The number of halogens is 1. The molecular weight excluding hydrogens is 330 g/mol. The van der Waals surface area contributed by atoms with Crippen LogP contribution in [0, 0.1) is 0 Å². The van der Waals surface area contributed by atoms with Crippen molar-refractivity contribution in [3.05, 3.63) is 63.6 Å². The van der Waals surface area contributed by atoms with E-state index in [1.807, 2.05) is 42.5 Å². The molecule has 0 saturated heterocycles. The number of rotatable bonds is 1. The molecule has 1 heterocycles. The molecule has 2 aromatic carbocycles. The van der Waals surface area contributed by atoms with E-state index in [4.69, 9.17) is 4.98 Å². The number of nitrogens with zero attached hydrogens (tertiary/aromatic N) is 1. The van der Waals surface area contributed by atoms with E-state index in [9.17, 15) is 9.90 Å². The first-order valence-electron chi connectivity index (χ1n) is 6.59. The molecule has 21 heavy (non-hydrogen) atoms. The van der Waals surface area contributed by atoms with Crippen LogP contribution >= 0.6 is 15.9 Å². The van der Waals surface area contributed by atoms with Gasteiger partial charge < -0.3 is 5.11 Å². The van der Waals surface area contributed by atoms with Crippen molar-refractivity contribution in [2.45, 2.75) is 6.42 Å². The number of pyridine rings is 1. The predicted octanol–water partition coefficient (Wildman–Crippen LogP) is 4.27. The van der Waals surface area contributed by atoms with Crippen molar-refractivity contribution in [1.29, 1.82) is 0 Å². The van der Waals surface area contributed by atoms with Crippen LogP contribution in [0.15, 0.2) is 46.9 Å². The molecule has 4 heteroatoms. The van der Waals surface area contributed by atoms with Gasteiger partial charge in [0.2, 0.25) is 0 Å².